The number of carbonyl (C=O) groups is 1. The van der Waals surface area contributed by atoms with Crippen LogP contribution in [0.3, 0.4) is 0 Å². The first-order valence-corrected chi connectivity index (χ1v) is 9.20. The fourth-order valence-corrected chi connectivity index (χ4v) is 3.65. The zero-order valence-corrected chi connectivity index (χ0v) is 15.0. The SMILES string of the molecule is O=C(c1ccc(F)cc1)N1CCCC(Cc2nncn2-c2ccccc2)C1. The van der Waals surface area contributed by atoms with E-state index >= 15 is 0 Å². The topological polar surface area (TPSA) is 51.0 Å². The molecular formula is C21H21FN4O. The number of benzene rings is 2. The second kappa shape index (κ2) is 7.70. The second-order valence-electron chi connectivity index (χ2n) is 6.92. The lowest BCUT2D eigenvalue weighted by molar-refractivity contribution is 0.0672. The summed E-state index contributed by atoms with van der Waals surface area (Å²) in [5.41, 5.74) is 1.57. The molecule has 4 rings (SSSR count). The van der Waals surface area contributed by atoms with Crippen molar-refractivity contribution >= 4 is 5.91 Å². The van der Waals surface area contributed by atoms with Gasteiger partial charge in [-0.05, 0) is 55.2 Å². The van der Waals surface area contributed by atoms with Crippen LogP contribution in [0.4, 0.5) is 4.39 Å². The highest BCUT2D eigenvalue weighted by atomic mass is 19.1. The summed E-state index contributed by atoms with van der Waals surface area (Å²) in [6.45, 7) is 1.41. The van der Waals surface area contributed by atoms with Gasteiger partial charge < -0.3 is 4.90 Å². The molecule has 0 aliphatic carbocycles. The predicted octanol–water partition coefficient (Wildman–Crippen LogP) is 3.50. The van der Waals surface area contributed by atoms with Crippen molar-refractivity contribution in [2.75, 3.05) is 13.1 Å². The number of para-hydroxylation sites is 1. The van der Waals surface area contributed by atoms with Gasteiger partial charge in [0.25, 0.3) is 5.91 Å². The lowest BCUT2D eigenvalue weighted by Gasteiger charge is -2.32. The molecule has 6 heteroatoms. The van der Waals surface area contributed by atoms with Gasteiger partial charge in [-0.15, -0.1) is 10.2 Å². The molecule has 0 radical (unpaired) electrons. The number of halogens is 1. The van der Waals surface area contributed by atoms with Gasteiger partial charge in [0.2, 0.25) is 0 Å². The van der Waals surface area contributed by atoms with E-state index in [4.69, 9.17) is 0 Å². The van der Waals surface area contributed by atoms with Crippen molar-refractivity contribution in [3.05, 3.63) is 78.1 Å². The van der Waals surface area contributed by atoms with Crippen molar-refractivity contribution in [3.63, 3.8) is 0 Å². The van der Waals surface area contributed by atoms with Crippen molar-refractivity contribution in [1.82, 2.24) is 19.7 Å². The number of carbonyl (C=O) groups excluding carboxylic acids is 1. The van der Waals surface area contributed by atoms with Crippen molar-refractivity contribution < 1.29 is 9.18 Å². The Bertz CT molecular complexity index is 907. The summed E-state index contributed by atoms with van der Waals surface area (Å²) in [5, 5.41) is 8.36. The van der Waals surface area contributed by atoms with Crippen LogP contribution in [0.25, 0.3) is 5.69 Å². The van der Waals surface area contributed by atoms with E-state index in [1.807, 2.05) is 39.8 Å². The molecule has 0 spiro atoms. The normalized spacial score (nSPS) is 17.1. The first-order chi connectivity index (χ1) is 13.2. The molecule has 0 bridgehead atoms. The summed E-state index contributed by atoms with van der Waals surface area (Å²) in [6.07, 6.45) is 4.50. The lowest BCUT2D eigenvalue weighted by Crippen LogP contribution is -2.40. The standard InChI is InChI=1S/C21H21FN4O/c22-18-10-8-17(9-11-18)21(27)25-12-4-5-16(14-25)13-20-24-23-15-26(20)19-6-2-1-3-7-19/h1-3,6-11,15-16H,4-5,12-14H2. The van der Waals surface area contributed by atoms with E-state index in [0.29, 0.717) is 18.0 Å². The smallest absolute Gasteiger partial charge is 0.253 e. The molecule has 2 aromatic carbocycles. The van der Waals surface area contributed by atoms with Gasteiger partial charge in [0.05, 0.1) is 0 Å². The molecule has 27 heavy (non-hydrogen) atoms. The van der Waals surface area contributed by atoms with Crippen LogP contribution in [-0.2, 0) is 6.42 Å². The van der Waals surface area contributed by atoms with Gasteiger partial charge in [0.15, 0.2) is 0 Å². The fraction of sp³-hybridized carbons (Fsp3) is 0.286. The fourth-order valence-electron chi connectivity index (χ4n) is 3.65. The number of nitrogens with zero attached hydrogens (tertiary/aromatic N) is 4. The van der Waals surface area contributed by atoms with E-state index in [0.717, 1.165) is 37.3 Å². The molecule has 5 nitrogen and oxygen atoms in total. The molecule has 1 fully saturated rings. The Morgan fingerprint density at radius 2 is 1.89 bits per heavy atom. The van der Waals surface area contributed by atoms with Crippen LogP contribution < -0.4 is 0 Å². The summed E-state index contributed by atoms with van der Waals surface area (Å²) in [6, 6.07) is 15.8. The Morgan fingerprint density at radius 1 is 1.11 bits per heavy atom. The monoisotopic (exact) mass is 364 g/mol. The maximum Gasteiger partial charge on any atom is 0.253 e. The van der Waals surface area contributed by atoms with Crippen LogP contribution in [0.1, 0.15) is 29.0 Å². The molecule has 3 aromatic rings. The first-order valence-electron chi connectivity index (χ1n) is 9.20. The summed E-state index contributed by atoms with van der Waals surface area (Å²) < 4.78 is 15.1. The lowest BCUT2D eigenvalue weighted by atomic mass is 9.94. The van der Waals surface area contributed by atoms with Gasteiger partial charge in [-0.25, -0.2) is 4.39 Å². The highest BCUT2D eigenvalue weighted by molar-refractivity contribution is 5.94. The average Bonchev–Trinajstić information content (AvgIpc) is 3.17. The van der Waals surface area contributed by atoms with E-state index in [2.05, 4.69) is 10.2 Å². The van der Waals surface area contributed by atoms with Crippen LogP contribution in [-0.4, -0.2) is 38.7 Å². The van der Waals surface area contributed by atoms with Gasteiger partial charge in [0.1, 0.15) is 18.0 Å². The maximum absolute atomic E-state index is 13.1. The van der Waals surface area contributed by atoms with Crippen LogP contribution in [0.5, 0.6) is 0 Å². The summed E-state index contributed by atoms with van der Waals surface area (Å²) in [4.78, 5) is 14.6. The Labute approximate surface area is 157 Å². The van der Waals surface area contributed by atoms with Crippen LogP contribution in [0.15, 0.2) is 60.9 Å². The molecular weight excluding hydrogens is 343 g/mol. The van der Waals surface area contributed by atoms with Crippen molar-refractivity contribution in [1.29, 1.82) is 0 Å². The molecule has 1 saturated heterocycles. The van der Waals surface area contributed by atoms with Crippen molar-refractivity contribution in [2.24, 2.45) is 5.92 Å². The van der Waals surface area contributed by atoms with Gasteiger partial charge in [-0.3, -0.25) is 9.36 Å². The van der Waals surface area contributed by atoms with Crippen LogP contribution in [0.2, 0.25) is 0 Å². The summed E-state index contributed by atoms with van der Waals surface area (Å²) >= 11 is 0. The molecule has 138 valence electrons. The maximum atomic E-state index is 13.1. The Morgan fingerprint density at radius 3 is 2.67 bits per heavy atom. The highest BCUT2D eigenvalue weighted by Gasteiger charge is 2.26. The molecule has 1 atom stereocenters. The number of aromatic nitrogens is 3. The molecule has 1 amide bonds. The number of amides is 1. The van der Waals surface area contributed by atoms with Gasteiger partial charge in [0, 0.05) is 30.8 Å². The van der Waals surface area contributed by atoms with Crippen LogP contribution in [0, 0.1) is 11.7 Å². The highest BCUT2D eigenvalue weighted by Crippen LogP contribution is 2.23. The van der Waals surface area contributed by atoms with E-state index in [-0.39, 0.29) is 11.7 Å². The van der Waals surface area contributed by atoms with E-state index < -0.39 is 0 Å². The van der Waals surface area contributed by atoms with Crippen LogP contribution >= 0.6 is 0 Å². The second-order valence-corrected chi connectivity index (χ2v) is 6.92. The first kappa shape index (κ1) is 17.4. The number of rotatable bonds is 4. The van der Waals surface area contributed by atoms with E-state index in [1.54, 1.807) is 18.5 Å². The third-order valence-electron chi connectivity index (χ3n) is 5.02. The number of likely N-dealkylation sites (tertiary alicyclic amines) is 1. The largest absolute Gasteiger partial charge is 0.338 e. The number of hydrogen-bond acceptors (Lipinski definition) is 3. The van der Waals surface area contributed by atoms with E-state index in [9.17, 15) is 9.18 Å². The van der Waals surface area contributed by atoms with Gasteiger partial charge >= 0.3 is 0 Å². The Balaban J connectivity index is 1.46. The molecule has 1 unspecified atom stereocenters. The van der Waals surface area contributed by atoms with Crippen molar-refractivity contribution in [2.45, 2.75) is 19.3 Å². The zero-order chi connectivity index (χ0) is 18.6. The third kappa shape index (κ3) is 3.89. The summed E-state index contributed by atoms with van der Waals surface area (Å²) in [5.74, 6) is 0.865. The van der Waals surface area contributed by atoms with Gasteiger partial charge in [-0.1, -0.05) is 18.2 Å². The molecule has 0 saturated carbocycles. The summed E-state index contributed by atoms with van der Waals surface area (Å²) in [7, 11) is 0. The molecule has 1 aliphatic heterocycles. The minimum atomic E-state index is -0.330. The van der Waals surface area contributed by atoms with E-state index in [1.165, 1.54) is 12.1 Å². The average molecular weight is 364 g/mol. The molecule has 1 aliphatic rings. The third-order valence-corrected chi connectivity index (χ3v) is 5.02. The Kier molecular flexibility index (Phi) is 4.96. The Hall–Kier alpha value is -3.02. The zero-order valence-electron chi connectivity index (χ0n) is 15.0. The minimum Gasteiger partial charge on any atom is -0.338 e. The van der Waals surface area contributed by atoms with Gasteiger partial charge in [-0.2, -0.15) is 0 Å². The number of piperidine rings is 1. The number of hydrogen-bond donors (Lipinski definition) is 0. The minimum absolute atomic E-state index is 0.0378. The quantitative estimate of drug-likeness (QED) is 0.712. The van der Waals surface area contributed by atoms with Crippen molar-refractivity contribution in [3.8, 4) is 5.69 Å². The predicted molar refractivity (Wildman–Crippen MR) is 100 cm³/mol. The molecule has 2 heterocycles. The molecule has 1 aromatic heterocycles. The molecule has 0 N–H and O–H groups in total.